The minimum Gasteiger partial charge on any atom is -0.547 e. The molecule has 2 heterocycles. The van der Waals surface area contributed by atoms with Gasteiger partial charge in [0.1, 0.15) is 12.2 Å². The molecular weight excluding hydrogens is 230 g/mol. The Morgan fingerprint density at radius 1 is 0.933 bits per heavy atom. The van der Waals surface area contributed by atoms with E-state index in [1.54, 1.807) is 0 Å². The average Bonchev–Trinajstić information content (AvgIpc) is 2.85. The van der Waals surface area contributed by atoms with Gasteiger partial charge in [0.15, 0.2) is 0 Å². The number of ether oxygens (including phenoxy) is 2. The number of hydrogen-bond acceptors (Lipinski definition) is 6. The van der Waals surface area contributed by atoms with Gasteiger partial charge in [-0.3, -0.25) is 0 Å². The topological polar surface area (TPSA) is 137 Å². The molecule has 2 aliphatic rings. The number of carbonyl (C=O) groups excluding carboxylic acids is 2. The van der Waals surface area contributed by atoms with Crippen LogP contribution in [-0.4, -0.2) is 42.8 Å². The normalized spacial score (nSPS) is 23.7. The van der Waals surface area contributed by atoms with Crippen LogP contribution in [-0.2, 0) is 19.1 Å². The molecule has 2 saturated heterocycles. The third-order valence-electron chi connectivity index (χ3n) is 1.19. The van der Waals surface area contributed by atoms with Gasteiger partial charge in [-0.2, -0.15) is 0 Å². The minimum absolute atomic E-state index is 0. The third-order valence-corrected chi connectivity index (χ3v) is 1.19. The molecule has 15 heavy (non-hydrogen) atoms. The van der Waals surface area contributed by atoms with E-state index in [0.29, 0.717) is 13.2 Å². The largest absolute Gasteiger partial charge is 1.00 e. The molecule has 0 bridgehead atoms. The van der Waals surface area contributed by atoms with Crippen molar-refractivity contribution in [2.45, 2.75) is 12.2 Å². The molecule has 0 amide bonds. The Morgan fingerprint density at radius 3 is 1.13 bits per heavy atom. The third kappa shape index (κ3) is 11.1. The summed E-state index contributed by atoms with van der Waals surface area (Å²) in [6.45, 7) is 0.671. The van der Waals surface area contributed by atoms with Gasteiger partial charge in [0.2, 0.25) is 0 Å². The molecule has 0 radical (unpaired) electrons. The number of carboxylic acids is 2. The zero-order chi connectivity index (χ0) is 9.14. The van der Waals surface area contributed by atoms with Crippen molar-refractivity contribution >= 4 is 11.9 Å². The van der Waals surface area contributed by atoms with Crippen LogP contribution in [0.4, 0.5) is 0 Å². The number of carbonyl (C=O) groups is 2. The molecule has 2 rings (SSSR count). The van der Waals surface area contributed by atoms with Crippen molar-refractivity contribution in [2.24, 2.45) is 0 Å². The molecule has 2 unspecified atom stereocenters. The van der Waals surface area contributed by atoms with Crippen molar-refractivity contribution in [3.05, 3.63) is 0 Å². The first kappa shape index (κ1) is 21.1. The quantitative estimate of drug-likeness (QED) is 0.346. The van der Waals surface area contributed by atoms with Gasteiger partial charge >= 0.3 is 59.1 Å². The fourth-order valence-electron chi connectivity index (χ4n) is 0.368. The second kappa shape index (κ2) is 10.0. The molecule has 2 fully saturated rings. The molecule has 0 aliphatic carbocycles. The second-order valence-corrected chi connectivity index (χ2v) is 2.28. The first-order chi connectivity index (χ1) is 5.61. The van der Waals surface area contributed by atoms with Crippen LogP contribution in [0.15, 0.2) is 0 Å². The van der Waals surface area contributed by atoms with Crippen LogP contribution in [0, 0.1) is 0 Å². The molecule has 2 atom stereocenters. The van der Waals surface area contributed by atoms with E-state index in [0.717, 1.165) is 0 Å². The Morgan fingerprint density at radius 2 is 1.13 bits per heavy atom. The minimum atomic E-state index is -1.10. The van der Waals surface area contributed by atoms with E-state index in [1.807, 2.05) is 0 Å². The number of aliphatic carboxylic acids is 2. The monoisotopic (exact) mass is 238 g/mol. The Bertz CT molecular complexity index is 180. The summed E-state index contributed by atoms with van der Waals surface area (Å²) in [4.78, 5) is 19.1. The molecule has 2 N–H and O–H groups in total. The van der Waals surface area contributed by atoms with Gasteiger partial charge in [0.05, 0.1) is 25.2 Å². The summed E-state index contributed by atoms with van der Waals surface area (Å²) in [6.07, 6.45) is -1.19. The van der Waals surface area contributed by atoms with Crippen LogP contribution >= 0.6 is 0 Å². The van der Waals surface area contributed by atoms with E-state index >= 15 is 0 Å². The van der Waals surface area contributed by atoms with Gasteiger partial charge < -0.3 is 34.8 Å². The Balaban J connectivity index is -0.000000160. The molecule has 9 heteroatoms. The molecule has 0 saturated carbocycles. The molecule has 0 aromatic carbocycles. The van der Waals surface area contributed by atoms with Gasteiger partial charge in [-0.05, 0) is 0 Å². The summed E-state index contributed by atoms with van der Waals surface area (Å²) in [6, 6.07) is 0. The van der Waals surface area contributed by atoms with Crippen LogP contribution in [0.2, 0.25) is 0 Å². The molecule has 0 aromatic rings. The molecular formula is C6H8Na2O7. The van der Waals surface area contributed by atoms with Crippen molar-refractivity contribution in [1.82, 2.24) is 0 Å². The van der Waals surface area contributed by atoms with Crippen molar-refractivity contribution in [3.8, 4) is 0 Å². The fourth-order valence-corrected chi connectivity index (χ4v) is 0.368. The zero-order valence-corrected chi connectivity index (χ0v) is 12.5. The van der Waals surface area contributed by atoms with Crippen molar-refractivity contribution in [1.29, 1.82) is 0 Å². The molecule has 0 spiro atoms. The fraction of sp³-hybridized carbons (Fsp3) is 0.667. The number of hydrogen-bond donors (Lipinski definition) is 0. The summed E-state index contributed by atoms with van der Waals surface area (Å²) < 4.78 is 8.62. The SMILES string of the molecule is O.O=C([O-])C1CO1.O=C([O-])C1CO1.[Na+].[Na+]. The van der Waals surface area contributed by atoms with Crippen molar-refractivity contribution in [3.63, 3.8) is 0 Å². The van der Waals surface area contributed by atoms with E-state index in [9.17, 15) is 19.8 Å². The van der Waals surface area contributed by atoms with E-state index in [2.05, 4.69) is 9.47 Å². The van der Waals surface area contributed by atoms with Gasteiger partial charge in [-0.15, -0.1) is 0 Å². The predicted molar refractivity (Wildman–Crippen MR) is 33.1 cm³/mol. The molecule has 0 aromatic heterocycles. The van der Waals surface area contributed by atoms with Gasteiger partial charge in [-0.1, -0.05) is 0 Å². The van der Waals surface area contributed by atoms with E-state index in [1.165, 1.54) is 0 Å². The van der Waals surface area contributed by atoms with Crippen LogP contribution in [0.1, 0.15) is 0 Å². The van der Waals surface area contributed by atoms with Crippen LogP contribution in [0.5, 0.6) is 0 Å². The van der Waals surface area contributed by atoms with Crippen LogP contribution in [0.3, 0.4) is 0 Å². The van der Waals surface area contributed by atoms with Gasteiger partial charge in [-0.25, -0.2) is 0 Å². The standard InChI is InChI=1S/2C3H4O3.2Na.H2O/c2*4-3(5)2-1-6-2;;;/h2*2H,1H2,(H,4,5);;;1H2/q;;2*+1;/p-2. The Hall–Kier alpha value is 0.820. The van der Waals surface area contributed by atoms with Gasteiger partial charge in [0, 0.05) is 0 Å². The van der Waals surface area contributed by atoms with Crippen molar-refractivity contribution in [2.75, 3.05) is 13.2 Å². The predicted octanol–water partition coefficient (Wildman–Crippen LogP) is -10.5. The maximum absolute atomic E-state index is 9.53. The first-order valence-corrected chi connectivity index (χ1v) is 3.26. The second-order valence-electron chi connectivity index (χ2n) is 2.28. The molecule has 7 nitrogen and oxygen atoms in total. The van der Waals surface area contributed by atoms with Crippen LogP contribution in [0.25, 0.3) is 0 Å². The molecule has 2 aliphatic heterocycles. The van der Waals surface area contributed by atoms with E-state index in [4.69, 9.17) is 0 Å². The summed E-state index contributed by atoms with van der Waals surface area (Å²) in [5, 5.41) is 19.1. The summed E-state index contributed by atoms with van der Waals surface area (Å²) in [5.41, 5.74) is 0. The average molecular weight is 238 g/mol. The van der Waals surface area contributed by atoms with Gasteiger partial charge in [0.25, 0.3) is 0 Å². The number of rotatable bonds is 2. The smallest absolute Gasteiger partial charge is 0.547 e. The van der Waals surface area contributed by atoms with E-state index < -0.39 is 24.1 Å². The number of epoxide rings is 2. The first-order valence-electron chi connectivity index (χ1n) is 3.26. The van der Waals surface area contributed by atoms with Crippen molar-refractivity contribution < 1.29 is 93.9 Å². The van der Waals surface area contributed by atoms with E-state index in [-0.39, 0.29) is 64.6 Å². The summed E-state index contributed by atoms with van der Waals surface area (Å²) in [7, 11) is 0. The summed E-state index contributed by atoms with van der Waals surface area (Å²) >= 11 is 0. The maximum Gasteiger partial charge on any atom is 1.00 e. The Kier molecular flexibility index (Phi) is 14.1. The molecule has 76 valence electrons. The maximum atomic E-state index is 9.53. The Labute approximate surface area is 130 Å². The number of carboxylic acid groups (broad SMARTS) is 2. The van der Waals surface area contributed by atoms with Crippen LogP contribution < -0.4 is 69.3 Å². The summed E-state index contributed by atoms with van der Waals surface area (Å²) in [5.74, 6) is -2.20. The zero-order valence-electron chi connectivity index (χ0n) is 8.52.